The fourth-order valence-corrected chi connectivity index (χ4v) is 2.73. The maximum Gasteiger partial charge on any atom is 0.273 e. The molecule has 0 unspecified atom stereocenters. The summed E-state index contributed by atoms with van der Waals surface area (Å²) in [7, 11) is 0. The number of nitrogens with one attached hydrogen (secondary N) is 1. The van der Waals surface area contributed by atoms with Crippen LogP contribution in [0.4, 0.5) is 0 Å². The highest BCUT2D eigenvalue weighted by molar-refractivity contribution is 5.91. The Morgan fingerprint density at radius 3 is 2.96 bits per heavy atom. The van der Waals surface area contributed by atoms with Gasteiger partial charge in [0, 0.05) is 30.4 Å². The topological polar surface area (TPSA) is 95.7 Å². The molecule has 0 saturated heterocycles. The molecule has 0 atom stereocenters. The molecular formula is C20H19N3O5. The summed E-state index contributed by atoms with van der Waals surface area (Å²) >= 11 is 0. The summed E-state index contributed by atoms with van der Waals surface area (Å²) in [5.41, 5.74) is 2.09. The van der Waals surface area contributed by atoms with Gasteiger partial charge in [-0.1, -0.05) is 6.07 Å². The number of hydrogen-bond donors (Lipinski definition) is 1. The van der Waals surface area contributed by atoms with Crippen molar-refractivity contribution < 1.29 is 23.4 Å². The number of fused-ring (bicyclic) bond motifs is 1. The zero-order valence-electron chi connectivity index (χ0n) is 15.3. The molecule has 0 aliphatic carbocycles. The number of nitrogens with zero attached hydrogens (tertiary/aromatic N) is 2. The lowest BCUT2D eigenvalue weighted by molar-refractivity contribution is 0.0949. The van der Waals surface area contributed by atoms with Gasteiger partial charge in [0.05, 0.1) is 0 Å². The molecule has 4 rings (SSSR count). The second-order valence-electron chi connectivity index (χ2n) is 6.21. The molecule has 0 radical (unpaired) electrons. The van der Waals surface area contributed by atoms with Gasteiger partial charge in [0.1, 0.15) is 12.0 Å². The van der Waals surface area contributed by atoms with Crippen molar-refractivity contribution >= 4 is 5.91 Å². The molecule has 144 valence electrons. The Balaban J connectivity index is 1.27. The summed E-state index contributed by atoms with van der Waals surface area (Å²) in [4.78, 5) is 20.8. The van der Waals surface area contributed by atoms with Crippen molar-refractivity contribution in [2.75, 3.05) is 13.3 Å². The summed E-state index contributed by atoms with van der Waals surface area (Å²) < 4.78 is 21.5. The molecule has 1 aromatic carbocycles. The van der Waals surface area contributed by atoms with Crippen LogP contribution in [0.3, 0.4) is 0 Å². The van der Waals surface area contributed by atoms with Gasteiger partial charge >= 0.3 is 0 Å². The molecule has 1 aliphatic rings. The highest BCUT2D eigenvalue weighted by Crippen LogP contribution is 2.35. The van der Waals surface area contributed by atoms with Crippen LogP contribution in [-0.2, 0) is 13.0 Å². The molecule has 8 heteroatoms. The van der Waals surface area contributed by atoms with Crippen LogP contribution in [0.2, 0.25) is 0 Å². The number of aryl methyl sites for hydroxylation is 1. The minimum absolute atomic E-state index is 0.0974. The maximum absolute atomic E-state index is 12.2. The molecule has 1 amide bonds. The lowest BCUT2D eigenvalue weighted by atomic mass is 10.2. The lowest BCUT2D eigenvalue weighted by Gasteiger charge is -2.04. The smallest absolute Gasteiger partial charge is 0.273 e. The summed E-state index contributed by atoms with van der Waals surface area (Å²) in [6, 6.07) is 11.1. The van der Waals surface area contributed by atoms with Crippen LogP contribution >= 0.6 is 0 Å². The molecule has 1 aliphatic heterocycles. The quantitative estimate of drug-likeness (QED) is 0.672. The maximum atomic E-state index is 12.2. The first kappa shape index (κ1) is 17.8. The normalized spacial score (nSPS) is 12.0. The molecule has 2 aromatic heterocycles. The number of hydrogen-bond acceptors (Lipinski definition) is 7. The summed E-state index contributed by atoms with van der Waals surface area (Å²) in [5.74, 6) is 1.92. The van der Waals surface area contributed by atoms with Crippen LogP contribution in [0, 0.1) is 6.92 Å². The molecule has 0 fully saturated rings. The average molecular weight is 381 g/mol. The number of carbonyl (C=O) groups is 1. The third-order valence-corrected chi connectivity index (χ3v) is 4.10. The number of pyridine rings is 1. The van der Waals surface area contributed by atoms with Gasteiger partial charge in [0.15, 0.2) is 23.8 Å². The molecule has 0 saturated carbocycles. The van der Waals surface area contributed by atoms with E-state index in [1.165, 1.54) is 6.26 Å². The van der Waals surface area contributed by atoms with Crippen molar-refractivity contribution in [2.24, 2.45) is 0 Å². The van der Waals surface area contributed by atoms with Crippen LogP contribution in [0.25, 0.3) is 0 Å². The van der Waals surface area contributed by atoms with Gasteiger partial charge in [-0.3, -0.25) is 9.78 Å². The minimum Gasteiger partial charge on any atom is -0.484 e. The first-order chi connectivity index (χ1) is 13.7. The molecule has 28 heavy (non-hydrogen) atoms. The molecule has 3 aromatic rings. The van der Waals surface area contributed by atoms with Crippen LogP contribution in [-0.4, -0.2) is 29.2 Å². The number of rotatable bonds is 7. The van der Waals surface area contributed by atoms with Crippen molar-refractivity contribution in [2.45, 2.75) is 20.0 Å². The highest BCUT2D eigenvalue weighted by Gasteiger charge is 2.15. The highest BCUT2D eigenvalue weighted by atomic mass is 16.7. The average Bonchev–Trinajstić information content (AvgIpc) is 3.35. The van der Waals surface area contributed by atoms with Crippen molar-refractivity contribution in [1.82, 2.24) is 15.3 Å². The molecular weight excluding hydrogens is 362 g/mol. The number of aromatic nitrogens is 2. The number of ether oxygens (including phenoxy) is 3. The van der Waals surface area contributed by atoms with Gasteiger partial charge < -0.3 is 23.9 Å². The molecule has 3 heterocycles. The Morgan fingerprint density at radius 2 is 2.07 bits per heavy atom. The van der Waals surface area contributed by atoms with Crippen molar-refractivity contribution in [3.8, 4) is 17.2 Å². The minimum atomic E-state index is -0.300. The standard InChI is InChI=1S/C20H19N3O5/c1-13-3-2-4-14(22-13)7-8-21-20(24)16-10-26-19(23-16)11-25-15-5-6-17-18(9-15)28-12-27-17/h2-6,9-10H,7-8,11-12H2,1H3,(H,21,24). The Hall–Kier alpha value is -3.55. The Bertz CT molecular complexity index is 985. The van der Waals surface area contributed by atoms with E-state index in [-0.39, 0.29) is 25.0 Å². The van der Waals surface area contributed by atoms with Gasteiger partial charge in [-0.05, 0) is 31.2 Å². The number of benzene rings is 1. The molecule has 0 bridgehead atoms. The van der Waals surface area contributed by atoms with Gasteiger partial charge in [0.2, 0.25) is 12.7 Å². The second-order valence-corrected chi connectivity index (χ2v) is 6.21. The Labute approximate surface area is 161 Å². The van der Waals surface area contributed by atoms with Gasteiger partial charge in [0.25, 0.3) is 5.91 Å². The molecule has 0 spiro atoms. The van der Waals surface area contributed by atoms with E-state index in [1.54, 1.807) is 18.2 Å². The van der Waals surface area contributed by atoms with Gasteiger partial charge in [-0.25, -0.2) is 4.98 Å². The van der Waals surface area contributed by atoms with E-state index in [0.717, 1.165) is 11.4 Å². The van der Waals surface area contributed by atoms with Crippen LogP contribution < -0.4 is 19.5 Å². The number of carbonyl (C=O) groups excluding carboxylic acids is 1. The van der Waals surface area contributed by atoms with Crippen molar-refractivity contribution in [1.29, 1.82) is 0 Å². The fraction of sp³-hybridized carbons (Fsp3) is 0.250. The summed E-state index contributed by atoms with van der Waals surface area (Å²) in [6.07, 6.45) is 1.96. The Morgan fingerprint density at radius 1 is 1.18 bits per heavy atom. The largest absolute Gasteiger partial charge is 0.484 e. The monoisotopic (exact) mass is 381 g/mol. The van der Waals surface area contributed by atoms with E-state index in [2.05, 4.69) is 15.3 Å². The second kappa shape index (κ2) is 7.99. The first-order valence-electron chi connectivity index (χ1n) is 8.85. The molecule has 1 N–H and O–H groups in total. The predicted octanol–water partition coefficient (Wildman–Crippen LogP) is 2.66. The third-order valence-electron chi connectivity index (χ3n) is 4.10. The predicted molar refractivity (Wildman–Crippen MR) is 98.4 cm³/mol. The third kappa shape index (κ3) is 4.22. The van der Waals surface area contributed by atoms with Crippen molar-refractivity contribution in [3.05, 3.63) is 65.6 Å². The van der Waals surface area contributed by atoms with Crippen LogP contribution in [0.5, 0.6) is 17.2 Å². The van der Waals surface area contributed by atoms with Gasteiger partial charge in [-0.15, -0.1) is 0 Å². The summed E-state index contributed by atoms with van der Waals surface area (Å²) in [5, 5.41) is 2.81. The van der Waals surface area contributed by atoms with Crippen LogP contribution in [0.1, 0.15) is 27.8 Å². The van der Waals surface area contributed by atoms with E-state index in [4.69, 9.17) is 18.6 Å². The summed E-state index contributed by atoms with van der Waals surface area (Å²) in [6.45, 7) is 2.70. The van der Waals surface area contributed by atoms with Crippen molar-refractivity contribution in [3.63, 3.8) is 0 Å². The zero-order chi connectivity index (χ0) is 19.3. The van der Waals surface area contributed by atoms with E-state index < -0.39 is 0 Å². The SMILES string of the molecule is Cc1cccc(CCNC(=O)c2coc(COc3ccc4c(c3)OCO4)n2)n1. The zero-order valence-corrected chi connectivity index (χ0v) is 15.3. The molecule has 8 nitrogen and oxygen atoms in total. The van der Waals surface area contributed by atoms with E-state index in [1.807, 2.05) is 25.1 Å². The lowest BCUT2D eigenvalue weighted by Crippen LogP contribution is -2.26. The fourth-order valence-electron chi connectivity index (χ4n) is 2.73. The number of oxazole rings is 1. The van der Waals surface area contributed by atoms with E-state index in [9.17, 15) is 4.79 Å². The van der Waals surface area contributed by atoms with E-state index >= 15 is 0 Å². The first-order valence-corrected chi connectivity index (χ1v) is 8.85. The number of amides is 1. The van der Waals surface area contributed by atoms with Gasteiger partial charge in [-0.2, -0.15) is 0 Å². The van der Waals surface area contributed by atoms with Crippen LogP contribution in [0.15, 0.2) is 47.1 Å². The van der Waals surface area contributed by atoms with E-state index in [0.29, 0.717) is 36.1 Å². The Kier molecular flexibility index (Phi) is 5.09.